The van der Waals surface area contributed by atoms with Crippen LogP contribution in [-0.2, 0) is 6.42 Å². The average molecular weight is 444 g/mol. The van der Waals surface area contributed by atoms with Gasteiger partial charge in [-0.1, -0.05) is 30.3 Å². The zero-order chi connectivity index (χ0) is 21.9. The molecule has 160 valence electrons. The Morgan fingerprint density at radius 2 is 1.91 bits per heavy atom. The maximum atomic E-state index is 11.5. The molecule has 1 atom stereocenters. The Morgan fingerprint density at radius 1 is 1.09 bits per heavy atom. The van der Waals surface area contributed by atoms with Gasteiger partial charge in [-0.3, -0.25) is 5.10 Å². The van der Waals surface area contributed by atoms with E-state index in [1.807, 2.05) is 29.6 Å². The van der Waals surface area contributed by atoms with Crippen LogP contribution in [0.2, 0.25) is 0 Å². The Morgan fingerprint density at radius 3 is 2.66 bits per heavy atom. The summed E-state index contributed by atoms with van der Waals surface area (Å²) < 4.78 is 1.69. The normalized spacial score (nSPS) is 12.2. The molecule has 32 heavy (non-hydrogen) atoms. The van der Waals surface area contributed by atoms with Crippen molar-refractivity contribution in [2.45, 2.75) is 12.5 Å². The lowest BCUT2D eigenvalue weighted by molar-refractivity contribution is -0.605. The smallest absolute Gasteiger partial charge is 0.181 e. The maximum absolute atomic E-state index is 11.5. The molecule has 0 aliphatic carbocycles. The van der Waals surface area contributed by atoms with Crippen molar-refractivity contribution >= 4 is 27.4 Å². The number of nitrogens with two attached hydrogens (primary N) is 1. The van der Waals surface area contributed by atoms with Crippen molar-refractivity contribution in [3.8, 4) is 22.6 Å². The van der Waals surface area contributed by atoms with Crippen molar-refractivity contribution in [3.05, 3.63) is 83.3 Å². The molecule has 0 amide bonds. The van der Waals surface area contributed by atoms with Gasteiger partial charge in [0.2, 0.25) is 0 Å². The van der Waals surface area contributed by atoms with Gasteiger partial charge in [0.15, 0.2) is 18.2 Å². The molecule has 5 rings (SSSR count). The summed E-state index contributed by atoms with van der Waals surface area (Å²) in [7, 11) is 0. The summed E-state index contributed by atoms with van der Waals surface area (Å²) in [5.41, 5.74) is 11.0. The predicted octanol–water partition coefficient (Wildman–Crippen LogP) is 3.36. The number of nitrogens with zero attached hydrogens (tertiary/aromatic N) is 4. The van der Waals surface area contributed by atoms with Crippen LogP contribution in [0.1, 0.15) is 5.56 Å². The molecule has 0 aliphatic heterocycles. The first-order chi connectivity index (χ1) is 15.7. The average Bonchev–Trinajstić information content (AvgIpc) is 3.48. The first kappa shape index (κ1) is 20.1. The number of rotatable bonds is 7. The molecule has 9 heteroatoms. The van der Waals surface area contributed by atoms with Crippen LogP contribution < -0.4 is 15.8 Å². The number of pyridine rings is 1. The fourth-order valence-corrected chi connectivity index (χ4v) is 4.51. The van der Waals surface area contributed by atoms with Gasteiger partial charge < -0.3 is 16.3 Å². The molecule has 0 bridgehead atoms. The molecule has 5 aromatic rings. The number of fused-ring (bicyclic) bond motifs is 1. The van der Waals surface area contributed by atoms with Crippen LogP contribution in [-0.4, -0.2) is 32.8 Å². The molecule has 1 unspecified atom stereocenters. The lowest BCUT2D eigenvalue weighted by atomic mass is 10.1. The Labute approximate surface area is 188 Å². The molecule has 0 spiro atoms. The summed E-state index contributed by atoms with van der Waals surface area (Å²) in [5.74, 6) is 1.26. The molecule has 0 fully saturated rings. The monoisotopic (exact) mass is 443 g/mol. The molecule has 4 heterocycles. The van der Waals surface area contributed by atoms with E-state index in [-0.39, 0.29) is 6.04 Å². The van der Waals surface area contributed by atoms with Crippen LogP contribution >= 0.6 is 11.3 Å². The molecular weight excluding hydrogens is 422 g/mol. The highest BCUT2D eigenvalue weighted by Crippen LogP contribution is 2.36. The minimum absolute atomic E-state index is 0.0750. The minimum atomic E-state index is -0.0750. The molecular formula is C23H21N7OS. The zero-order valence-electron chi connectivity index (χ0n) is 17.1. The second-order valence-electron chi connectivity index (χ2n) is 7.47. The second kappa shape index (κ2) is 8.74. The van der Waals surface area contributed by atoms with E-state index in [4.69, 9.17) is 15.7 Å². The van der Waals surface area contributed by atoms with E-state index < -0.39 is 0 Å². The molecule has 0 radical (unpaired) electrons. The predicted molar refractivity (Wildman–Crippen MR) is 126 cm³/mol. The summed E-state index contributed by atoms with van der Waals surface area (Å²) in [6.07, 6.45) is 5.36. The van der Waals surface area contributed by atoms with Crippen molar-refractivity contribution in [1.29, 1.82) is 0 Å². The maximum Gasteiger partial charge on any atom is 0.181 e. The highest BCUT2D eigenvalue weighted by atomic mass is 32.1. The van der Waals surface area contributed by atoms with Gasteiger partial charge in [-0.15, -0.1) is 11.3 Å². The second-order valence-corrected chi connectivity index (χ2v) is 8.35. The number of benzene rings is 1. The number of aromatic amines is 1. The SMILES string of the molecule is NC(CNc1nc(-c2cc[n+]([O-])cc2)nc2c(-c3ccn[nH]3)csc12)Cc1ccccc1. The van der Waals surface area contributed by atoms with E-state index >= 15 is 0 Å². The fraction of sp³-hybridized carbons (Fsp3) is 0.130. The van der Waals surface area contributed by atoms with Crippen LogP contribution in [0, 0.1) is 5.21 Å². The van der Waals surface area contributed by atoms with Crippen LogP contribution in [0.5, 0.6) is 0 Å². The third-order valence-electron chi connectivity index (χ3n) is 5.14. The Bertz CT molecular complexity index is 1320. The lowest BCUT2D eigenvalue weighted by Gasteiger charge is -2.14. The van der Waals surface area contributed by atoms with Gasteiger partial charge in [-0.25, -0.2) is 9.97 Å². The lowest BCUT2D eigenvalue weighted by Crippen LogP contribution is -2.31. The first-order valence-corrected chi connectivity index (χ1v) is 11.1. The number of thiophene rings is 1. The summed E-state index contributed by atoms with van der Waals surface area (Å²) >= 11 is 1.57. The topological polar surface area (TPSA) is 119 Å². The first-order valence-electron chi connectivity index (χ1n) is 10.2. The molecule has 4 aromatic heterocycles. The van der Waals surface area contributed by atoms with Crippen molar-refractivity contribution in [1.82, 2.24) is 20.2 Å². The molecule has 1 aromatic carbocycles. The van der Waals surface area contributed by atoms with Gasteiger partial charge in [0, 0.05) is 47.4 Å². The molecule has 4 N–H and O–H groups in total. The summed E-state index contributed by atoms with van der Waals surface area (Å²) in [6, 6.07) is 15.4. The molecule has 0 saturated heterocycles. The van der Waals surface area contributed by atoms with Crippen molar-refractivity contribution in [3.63, 3.8) is 0 Å². The van der Waals surface area contributed by atoms with Gasteiger partial charge in [-0.05, 0) is 18.1 Å². The third-order valence-corrected chi connectivity index (χ3v) is 6.11. The van der Waals surface area contributed by atoms with Crippen LogP contribution in [0.15, 0.2) is 72.5 Å². The van der Waals surface area contributed by atoms with E-state index in [0.29, 0.717) is 12.4 Å². The summed E-state index contributed by atoms with van der Waals surface area (Å²) in [6.45, 7) is 0.563. The fourth-order valence-electron chi connectivity index (χ4n) is 3.54. The number of nitrogens with one attached hydrogen (secondary N) is 2. The highest BCUT2D eigenvalue weighted by molar-refractivity contribution is 7.18. The number of aromatic nitrogens is 5. The summed E-state index contributed by atoms with van der Waals surface area (Å²) in [5, 5.41) is 24.0. The Balaban J connectivity index is 1.49. The standard InChI is InChI=1S/C23H21N7OS/c24-17(12-15-4-2-1-3-5-15)13-25-23-21-20(18(14-32-21)19-6-9-26-29-19)27-22(28-23)16-7-10-30(31)11-8-16/h1-11,14,17H,12-13,24H2,(H,26,29)(H,25,27,28). The van der Waals surface area contributed by atoms with Gasteiger partial charge in [0.1, 0.15) is 5.82 Å². The van der Waals surface area contributed by atoms with E-state index in [9.17, 15) is 5.21 Å². The highest BCUT2D eigenvalue weighted by Gasteiger charge is 2.17. The summed E-state index contributed by atoms with van der Waals surface area (Å²) in [4.78, 5) is 9.59. The van der Waals surface area contributed by atoms with Crippen molar-refractivity contribution in [2.75, 3.05) is 11.9 Å². The van der Waals surface area contributed by atoms with Crippen molar-refractivity contribution < 1.29 is 4.73 Å². The van der Waals surface area contributed by atoms with E-state index in [2.05, 4.69) is 27.6 Å². The number of anilines is 1. The van der Waals surface area contributed by atoms with Gasteiger partial charge >= 0.3 is 0 Å². The van der Waals surface area contributed by atoms with Gasteiger partial charge in [-0.2, -0.15) is 9.83 Å². The Hall–Kier alpha value is -3.82. The van der Waals surface area contributed by atoms with E-state index in [1.54, 1.807) is 29.7 Å². The third kappa shape index (κ3) is 4.16. The molecule has 0 aliphatic rings. The van der Waals surface area contributed by atoms with E-state index in [1.165, 1.54) is 18.0 Å². The molecule has 8 nitrogen and oxygen atoms in total. The van der Waals surface area contributed by atoms with Crippen LogP contribution in [0.4, 0.5) is 5.82 Å². The number of hydrogen-bond donors (Lipinski definition) is 3. The largest absolute Gasteiger partial charge is 0.619 e. The number of hydrogen-bond acceptors (Lipinski definition) is 7. The van der Waals surface area contributed by atoms with Gasteiger partial charge in [0.05, 0.1) is 15.9 Å². The van der Waals surface area contributed by atoms with Crippen molar-refractivity contribution in [2.24, 2.45) is 5.73 Å². The minimum Gasteiger partial charge on any atom is -0.619 e. The Kier molecular flexibility index (Phi) is 5.49. The quantitative estimate of drug-likeness (QED) is 0.262. The van der Waals surface area contributed by atoms with E-state index in [0.717, 1.165) is 44.0 Å². The van der Waals surface area contributed by atoms with Gasteiger partial charge in [0.25, 0.3) is 0 Å². The molecule has 0 saturated carbocycles. The van der Waals surface area contributed by atoms with Crippen LogP contribution in [0.25, 0.3) is 32.9 Å². The van der Waals surface area contributed by atoms with Crippen LogP contribution in [0.3, 0.4) is 0 Å². The zero-order valence-corrected chi connectivity index (χ0v) is 17.9. The number of H-pyrrole nitrogens is 1.